The van der Waals surface area contributed by atoms with Crippen molar-refractivity contribution >= 4 is 0 Å². The zero-order valence-corrected chi connectivity index (χ0v) is 15.6. The normalized spacial score (nSPS) is 23.9. The average Bonchev–Trinajstić information content (AvgIpc) is 2.76. The quantitative estimate of drug-likeness (QED) is 0.656. The molecule has 1 aromatic carbocycles. The van der Waals surface area contributed by atoms with Crippen LogP contribution in [0.5, 0.6) is 6.01 Å². The van der Waals surface area contributed by atoms with Crippen LogP contribution in [-0.2, 0) is 11.0 Å². The van der Waals surface area contributed by atoms with E-state index in [9.17, 15) is 14.0 Å². The van der Waals surface area contributed by atoms with E-state index >= 15 is 0 Å². The summed E-state index contributed by atoms with van der Waals surface area (Å²) in [5.74, 6) is -0.777. The fourth-order valence-corrected chi connectivity index (χ4v) is 3.88. The molecule has 2 heterocycles. The molecule has 0 unspecified atom stereocenters. The van der Waals surface area contributed by atoms with Crippen LogP contribution in [0, 0.1) is 23.0 Å². The van der Waals surface area contributed by atoms with Crippen molar-refractivity contribution in [3.63, 3.8) is 0 Å². The Morgan fingerprint density at radius 2 is 1.52 bits per heavy atom. The van der Waals surface area contributed by atoms with Gasteiger partial charge >= 0.3 is 6.01 Å². The maximum absolute atomic E-state index is 13.4. The lowest BCUT2D eigenvalue weighted by atomic mass is 9.65. The van der Waals surface area contributed by atoms with Crippen molar-refractivity contribution in [1.29, 1.82) is 5.26 Å². The van der Waals surface area contributed by atoms with Crippen LogP contribution in [0.4, 0.5) is 8.78 Å². The Balaban J connectivity index is 1.68. The zero-order chi connectivity index (χ0) is 20.3. The SMILES string of the molecule is N#CC1(c2ccc(F)cc2)CCC(Oc2ncccn2)(c2ccc(F)cn2)CC1. The highest BCUT2D eigenvalue weighted by molar-refractivity contribution is 5.35. The monoisotopic (exact) mass is 392 g/mol. The molecule has 29 heavy (non-hydrogen) atoms. The molecule has 1 fully saturated rings. The Labute approximate surface area is 167 Å². The van der Waals surface area contributed by atoms with Gasteiger partial charge < -0.3 is 4.74 Å². The van der Waals surface area contributed by atoms with E-state index in [-0.39, 0.29) is 11.8 Å². The number of pyridine rings is 1. The number of ether oxygens (including phenoxy) is 1. The van der Waals surface area contributed by atoms with Gasteiger partial charge in [0.1, 0.15) is 11.6 Å². The van der Waals surface area contributed by atoms with Crippen LogP contribution in [0.1, 0.15) is 36.9 Å². The molecule has 5 nitrogen and oxygen atoms in total. The maximum atomic E-state index is 13.4. The fourth-order valence-electron chi connectivity index (χ4n) is 3.88. The molecule has 1 aliphatic carbocycles. The van der Waals surface area contributed by atoms with Gasteiger partial charge in [0.15, 0.2) is 5.60 Å². The average molecular weight is 392 g/mol. The molecule has 0 spiro atoms. The first kappa shape index (κ1) is 18.9. The molecule has 4 rings (SSSR count). The molecule has 1 saturated carbocycles. The van der Waals surface area contributed by atoms with Gasteiger partial charge in [0.05, 0.1) is 23.4 Å². The van der Waals surface area contributed by atoms with E-state index in [0.717, 1.165) is 11.8 Å². The van der Waals surface area contributed by atoms with Crippen molar-refractivity contribution in [3.05, 3.63) is 83.9 Å². The van der Waals surface area contributed by atoms with Crippen LogP contribution >= 0.6 is 0 Å². The lowest BCUT2D eigenvalue weighted by Crippen LogP contribution is -2.43. The standard InChI is InChI=1S/C22H18F2N4O/c23-17-4-2-16(3-5-17)21(15-25)8-10-22(11-9-21,19-7-6-18(24)14-28-19)29-20-26-12-1-13-27-20/h1-7,12-14H,8-11H2. The van der Waals surface area contributed by atoms with Gasteiger partial charge in [-0.25, -0.2) is 18.7 Å². The van der Waals surface area contributed by atoms with Gasteiger partial charge in [-0.2, -0.15) is 5.26 Å². The highest BCUT2D eigenvalue weighted by atomic mass is 19.1. The van der Waals surface area contributed by atoms with Gasteiger partial charge in [0.25, 0.3) is 0 Å². The molecule has 3 aromatic rings. The van der Waals surface area contributed by atoms with E-state index in [1.54, 1.807) is 36.7 Å². The van der Waals surface area contributed by atoms with Crippen LogP contribution in [0.2, 0.25) is 0 Å². The van der Waals surface area contributed by atoms with Gasteiger partial charge in [-0.15, -0.1) is 0 Å². The Kier molecular flexibility index (Phi) is 4.93. The molecule has 0 radical (unpaired) electrons. The number of benzene rings is 1. The summed E-state index contributed by atoms with van der Waals surface area (Å²) in [5, 5.41) is 9.96. The van der Waals surface area contributed by atoms with Crippen molar-refractivity contribution in [2.45, 2.75) is 36.7 Å². The summed E-state index contributed by atoms with van der Waals surface area (Å²) in [6.07, 6.45) is 6.16. The number of hydrogen-bond donors (Lipinski definition) is 0. The topological polar surface area (TPSA) is 71.7 Å². The van der Waals surface area contributed by atoms with E-state index in [1.807, 2.05) is 0 Å². The van der Waals surface area contributed by atoms with Crippen molar-refractivity contribution in [2.24, 2.45) is 0 Å². The highest BCUT2D eigenvalue weighted by Crippen LogP contribution is 2.48. The molecule has 0 N–H and O–H groups in total. The summed E-state index contributed by atoms with van der Waals surface area (Å²) in [4.78, 5) is 12.5. The summed E-state index contributed by atoms with van der Waals surface area (Å²) < 4.78 is 33.0. The number of aromatic nitrogens is 3. The molecule has 2 aromatic heterocycles. The minimum Gasteiger partial charge on any atom is -0.450 e. The molecular weight excluding hydrogens is 374 g/mol. The molecule has 0 bridgehead atoms. The summed E-state index contributed by atoms with van der Waals surface area (Å²) in [5.41, 5.74) is -0.289. The second-order valence-electron chi connectivity index (χ2n) is 7.19. The van der Waals surface area contributed by atoms with Crippen molar-refractivity contribution in [3.8, 4) is 12.1 Å². The largest absolute Gasteiger partial charge is 0.450 e. The third kappa shape index (κ3) is 3.66. The first-order valence-corrected chi connectivity index (χ1v) is 9.31. The summed E-state index contributed by atoms with van der Waals surface area (Å²) >= 11 is 0. The number of nitrogens with zero attached hydrogens (tertiary/aromatic N) is 4. The molecule has 0 saturated heterocycles. The van der Waals surface area contributed by atoms with Crippen LogP contribution < -0.4 is 4.74 Å². The molecule has 0 amide bonds. The second kappa shape index (κ2) is 7.55. The lowest BCUT2D eigenvalue weighted by molar-refractivity contribution is -0.000359. The van der Waals surface area contributed by atoms with Gasteiger partial charge in [0, 0.05) is 12.4 Å². The molecule has 1 aliphatic rings. The Hall–Kier alpha value is -3.40. The molecular formula is C22H18F2N4O. The van der Waals surface area contributed by atoms with Gasteiger partial charge in [-0.1, -0.05) is 12.1 Å². The first-order chi connectivity index (χ1) is 14.1. The zero-order valence-electron chi connectivity index (χ0n) is 15.6. The van der Waals surface area contributed by atoms with E-state index < -0.39 is 16.8 Å². The minimum atomic E-state index is -0.880. The summed E-state index contributed by atoms with van der Waals surface area (Å²) in [6, 6.07) is 13.3. The Morgan fingerprint density at radius 3 is 2.10 bits per heavy atom. The van der Waals surface area contributed by atoms with E-state index in [1.165, 1.54) is 18.2 Å². The number of nitriles is 1. The van der Waals surface area contributed by atoms with E-state index in [2.05, 4.69) is 21.0 Å². The molecule has 7 heteroatoms. The van der Waals surface area contributed by atoms with E-state index in [0.29, 0.717) is 31.4 Å². The Morgan fingerprint density at radius 1 is 0.862 bits per heavy atom. The predicted octanol–water partition coefficient (Wildman–Crippen LogP) is 4.46. The number of rotatable bonds is 4. The van der Waals surface area contributed by atoms with Crippen molar-refractivity contribution < 1.29 is 13.5 Å². The van der Waals surface area contributed by atoms with Gasteiger partial charge in [0.2, 0.25) is 0 Å². The minimum absolute atomic E-state index is 0.199. The number of halogens is 2. The first-order valence-electron chi connectivity index (χ1n) is 9.31. The van der Waals surface area contributed by atoms with Crippen LogP contribution in [-0.4, -0.2) is 15.0 Å². The smallest absolute Gasteiger partial charge is 0.317 e. The Bertz CT molecular complexity index is 1010. The van der Waals surface area contributed by atoms with Crippen molar-refractivity contribution in [2.75, 3.05) is 0 Å². The van der Waals surface area contributed by atoms with Crippen LogP contribution in [0.25, 0.3) is 0 Å². The fraction of sp³-hybridized carbons (Fsp3) is 0.273. The third-order valence-electron chi connectivity index (χ3n) is 5.54. The van der Waals surface area contributed by atoms with Crippen molar-refractivity contribution in [1.82, 2.24) is 15.0 Å². The molecule has 0 atom stereocenters. The van der Waals surface area contributed by atoms with Crippen LogP contribution in [0.3, 0.4) is 0 Å². The van der Waals surface area contributed by atoms with Crippen LogP contribution in [0.15, 0.2) is 61.1 Å². The molecule has 146 valence electrons. The second-order valence-corrected chi connectivity index (χ2v) is 7.19. The predicted molar refractivity (Wildman–Crippen MR) is 101 cm³/mol. The summed E-state index contributed by atoms with van der Waals surface area (Å²) in [6.45, 7) is 0. The lowest BCUT2D eigenvalue weighted by Gasteiger charge is -2.42. The number of hydrogen-bond acceptors (Lipinski definition) is 5. The van der Waals surface area contributed by atoms with E-state index in [4.69, 9.17) is 4.74 Å². The summed E-state index contributed by atoms with van der Waals surface area (Å²) in [7, 11) is 0. The van der Waals surface area contributed by atoms with Gasteiger partial charge in [-0.3, -0.25) is 4.98 Å². The highest BCUT2D eigenvalue weighted by Gasteiger charge is 2.47. The molecule has 0 aliphatic heterocycles. The van der Waals surface area contributed by atoms with Gasteiger partial charge in [-0.05, 0) is 61.6 Å². The third-order valence-corrected chi connectivity index (χ3v) is 5.54. The maximum Gasteiger partial charge on any atom is 0.317 e.